The molecule has 0 spiro atoms. The Kier molecular flexibility index (Phi) is 4.14. The number of aromatic hydroxyl groups is 1. The van der Waals surface area contributed by atoms with Crippen LogP contribution in [0.5, 0.6) is 5.75 Å². The highest BCUT2D eigenvalue weighted by atomic mass is 16.6. The Hall–Kier alpha value is -3.93. The Morgan fingerprint density at radius 3 is 2.22 bits per heavy atom. The molecule has 0 unspecified atom stereocenters. The van der Waals surface area contributed by atoms with Gasteiger partial charge in [0.2, 0.25) is 0 Å². The molecule has 4 aromatic rings. The molecule has 0 saturated heterocycles. The maximum atomic E-state index is 10.9. The van der Waals surface area contributed by atoms with E-state index < -0.39 is 4.92 Å². The van der Waals surface area contributed by atoms with E-state index in [9.17, 15) is 15.2 Å². The predicted octanol–water partition coefficient (Wildman–Crippen LogP) is 4.82. The Balaban J connectivity index is 1.89. The zero-order chi connectivity index (χ0) is 18.8. The first-order valence-corrected chi connectivity index (χ1v) is 8.32. The molecule has 0 aliphatic heterocycles. The van der Waals surface area contributed by atoms with E-state index in [-0.39, 0.29) is 11.4 Å². The summed E-state index contributed by atoms with van der Waals surface area (Å²) in [6.07, 6.45) is 0. The topological polar surface area (TPSA) is 81.2 Å². The molecule has 6 nitrogen and oxygen atoms in total. The van der Waals surface area contributed by atoms with E-state index >= 15 is 0 Å². The zero-order valence-electron chi connectivity index (χ0n) is 14.2. The lowest BCUT2D eigenvalue weighted by Crippen LogP contribution is -1.99. The molecule has 4 rings (SSSR count). The fourth-order valence-corrected chi connectivity index (χ4v) is 2.93. The zero-order valence-corrected chi connectivity index (χ0v) is 14.2. The monoisotopic (exact) mass is 357 g/mol. The lowest BCUT2D eigenvalue weighted by molar-refractivity contribution is -0.384. The SMILES string of the molecule is O=[N+]([O-])c1ccc(-n2nc(-c3ccccc3O)cc2-c2ccccc2)cc1. The number of nitrogens with zero attached hydrogens (tertiary/aromatic N) is 3. The molecule has 0 fully saturated rings. The minimum absolute atomic E-state index is 0.0214. The first kappa shape index (κ1) is 16.5. The van der Waals surface area contributed by atoms with Gasteiger partial charge >= 0.3 is 0 Å². The number of nitro benzene ring substituents is 1. The summed E-state index contributed by atoms with van der Waals surface area (Å²) in [6, 6.07) is 24.8. The molecule has 0 aliphatic carbocycles. The summed E-state index contributed by atoms with van der Waals surface area (Å²) in [6.45, 7) is 0. The number of aromatic nitrogens is 2. The van der Waals surface area contributed by atoms with Crippen molar-refractivity contribution in [2.24, 2.45) is 0 Å². The third-order valence-electron chi connectivity index (χ3n) is 4.26. The largest absolute Gasteiger partial charge is 0.507 e. The first-order valence-electron chi connectivity index (χ1n) is 8.32. The molecule has 0 radical (unpaired) electrons. The van der Waals surface area contributed by atoms with Gasteiger partial charge in [0.25, 0.3) is 5.69 Å². The molecule has 1 N–H and O–H groups in total. The number of phenolic OH excluding ortho intramolecular Hbond substituents is 1. The summed E-state index contributed by atoms with van der Waals surface area (Å²) in [7, 11) is 0. The van der Waals surface area contributed by atoms with Gasteiger partial charge in [-0.25, -0.2) is 4.68 Å². The van der Waals surface area contributed by atoms with Crippen LogP contribution in [0.2, 0.25) is 0 Å². The van der Waals surface area contributed by atoms with Gasteiger partial charge in [-0.05, 0) is 30.3 Å². The van der Waals surface area contributed by atoms with Crippen LogP contribution < -0.4 is 0 Å². The van der Waals surface area contributed by atoms with Gasteiger partial charge in [-0.2, -0.15) is 5.10 Å². The van der Waals surface area contributed by atoms with Gasteiger partial charge in [0.1, 0.15) is 5.75 Å². The highest BCUT2D eigenvalue weighted by molar-refractivity contribution is 5.73. The normalized spacial score (nSPS) is 10.7. The van der Waals surface area contributed by atoms with Crippen molar-refractivity contribution in [2.45, 2.75) is 0 Å². The molecule has 1 aromatic heterocycles. The molecular formula is C21H15N3O3. The van der Waals surface area contributed by atoms with Crippen molar-refractivity contribution in [3.8, 4) is 34.0 Å². The van der Waals surface area contributed by atoms with Crippen molar-refractivity contribution in [3.63, 3.8) is 0 Å². The lowest BCUT2D eigenvalue weighted by Gasteiger charge is -2.07. The van der Waals surface area contributed by atoms with E-state index in [1.165, 1.54) is 12.1 Å². The summed E-state index contributed by atoms with van der Waals surface area (Å²) in [4.78, 5) is 10.5. The van der Waals surface area contributed by atoms with Crippen LogP contribution in [0.3, 0.4) is 0 Å². The van der Waals surface area contributed by atoms with Crippen molar-refractivity contribution in [1.82, 2.24) is 9.78 Å². The third kappa shape index (κ3) is 3.16. The predicted molar refractivity (Wildman–Crippen MR) is 103 cm³/mol. The molecule has 3 aromatic carbocycles. The smallest absolute Gasteiger partial charge is 0.269 e. The van der Waals surface area contributed by atoms with Gasteiger partial charge < -0.3 is 5.11 Å². The van der Waals surface area contributed by atoms with Crippen molar-refractivity contribution >= 4 is 5.69 Å². The molecule has 0 saturated carbocycles. The van der Waals surface area contributed by atoms with Gasteiger partial charge in [-0.1, -0.05) is 42.5 Å². The average molecular weight is 357 g/mol. The number of non-ortho nitro benzene ring substituents is 1. The van der Waals surface area contributed by atoms with E-state index in [4.69, 9.17) is 0 Å². The third-order valence-corrected chi connectivity index (χ3v) is 4.26. The molecule has 132 valence electrons. The summed E-state index contributed by atoms with van der Waals surface area (Å²) >= 11 is 0. The standard InChI is InChI=1S/C21H15N3O3/c25-21-9-5-4-8-18(21)19-14-20(15-6-2-1-3-7-15)23(22-19)16-10-12-17(13-11-16)24(26)27/h1-14,25H. The molecular weight excluding hydrogens is 342 g/mol. The Labute approximate surface area is 155 Å². The average Bonchev–Trinajstić information content (AvgIpc) is 3.14. The number of hydrogen-bond donors (Lipinski definition) is 1. The van der Waals surface area contributed by atoms with E-state index in [1.54, 1.807) is 35.0 Å². The molecule has 1 heterocycles. The van der Waals surface area contributed by atoms with Crippen LogP contribution in [-0.2, 0) is 0 Å². The van der Waals surface area contributed by atoms with Gasteiger partial charge in [0.05, 0.1) is 22.0 Å². The number of hydrogen-bond acceptors (Lipinski definition) is 4. The summed E-state index contributed by atoms with van der Waals surface area (Å²) in [5.41, 5.74) is 3.72. The van der Waals surface area contributed by atoms with Gasteiger partial charge in [0.15, 0.2) is 0 Å². The number of benzene rings is 3. The van der Waals surface area contributed by atoms with Crippen LogP contribution in [0, 0.1) is 10.1 Å². The second-order valence-electron chi connectivity index (χ2n) is 5.98. The minimum Gasteiger partial charge on any atom is -0.507 e. The van der Waals surface area contributed by atoms with Crippen LogP contribution in [0.25, 0.3) is 28.2 Å². The minimum atomic E-state index is -0.432. The molecule has 0 amide bonds. The molecule has 0 atom stereocenters. The van der Waals surface area contributed by atoms with Crippen molar-refractivity contribution in [2.75, 3.05) is 0 Å². The van der Waals surface area contributed by atoms with Crippen LogP contribution in [0.4, 0.5) is 5.69 Å². The number of nitro groups is 1. The van der Waals surface area contributed by atoms with Gasteiger partial charge in [-0.15, -0.1) is 0 Å². The van der Waals surface area contributed by atoms with Gasteiger partial charge in [-0.3, -0.25) is 10.1 Å². The van der Waals surface area contributed by atoms with Crippen LogP contribution in [0.1, 0.15) is 0 Å². The highest BCUT2D eigenvalue weighted by Crippen LogP contribution is 2.33. The van der Waals surface area contributed by atoms with Crippen LogP contribution >= 0.6 is 0 Å². The summed E-state index contributed by atoms with van der Waals surface area (Å²) in [5.74, 6) is 0.144. The summed E-state index contributed by atoms with van der Waals surface area (Å²) < 4.78 is 1.72. The van der Waals surface area contributed by atoms with Gasteiger partial charge in [0, 0.05) is 23.3 Å². The second-order valence-corrected chi connectivity index (χ2v) is 5.98. The number of phenols is 1. The highest BCUT2D eigenvalue weighted by Gasteiger charge is 2.15. The lowest BCUT2D eigenvalue weighted by atomic mass is 10.1. The van der Waals surface area contributed by atoms with E-state index in [2.05, 4.69) is 5.10 Å². The maximum Gasteiger partial charge on any atom is 0.269 e. The molecule has 0 bridgehead atoms. The van der Waals surface area contributed by atoms with Crippen molar-refractivity contribution in [3.05, 3.63) is 95.0 Å². The fraction of sp³-hybridized carbons (Fsp3) is 0. The Morgan fingerprint density at radius 1 is 0.889 bits per heavy atom. The van der Waals surface area contributed by atoms with Crippen LogP contribution in [-0.4, -0.2) is 19.8 Å². The second kappa shape index (κ2) is 6.76. The molecule has 6 heteroatoms. The molecule has 0 aliphatic rings. The first-order chi connectivity index (χ1) is 13.1. The fourth-order valence-electron chi connectivity index (χ4n) is 2.93. The van der Waals surface area contributed by atoms with E-state index in [1.807, 2.05) is 42.5 Å². The van der Waals surface area contributed by atoms with Crippen molar-refractivity contribution in [1.29, 1.82) is 0 Å². The van der Waals surface area contributed by atoms with Crippen LogP contribution in [0.15, 0.2) is 84.9 Å². The molecule has 27 heavy (non-hydrogen) atoms. The van der Waals surface area contributed by atoms with E-state index in [0.29, 0.717) is 16.9 Å². The Morgan fingerprint density at radius 2 is 1.56 bits per heavy atom. The van der Waals surface area contributed by atoms with Crippen molar-refractivity contribution < 1.29 is 10.0 Å². The van der Waals surface area contributed by atoms with E-state index in [0.717, 1.165) is 11.3 Å². The quantitative estimate of drug-likeness (QED) is 0.419. The Bertz CT molecular complexity index is 1100. The summed E-state index contributed by atoms with van der Waals surface area (Å²) in [5, 5.41) is 25.7. The number of para-hydroxylation sites is 1. The number of rotatable bonds is 4. The maximum absolute atomic E-state index is 10.9.